The molecule has 0 bridgehead atoms. The molecule has 1 aromatic heterocycles. The molecule has 0 aliphatic carbocycles. The van der Waals surface area contributed by atoms with Crippen LogP contribution in [0.1, 0.15) is 32.2 Å². The standard InChI is InChI=1S/C15H22N4O2/c1-15(2,3)17-10-13-18-19-14(21-13)16-9-11-7-5-6-8-12(11)20-4/h5-8,17H,9-10H2,1-4H3,(H,16,19). The minimum absolute atomic E-state index is 0.0134. The molecular formula is C15H22N4O2. The first kappa shape index (κ1) is 15.3. The number of hydrogen-bond acceptors (Lipinski definition) is 6. The largest absolute Gasteiger partial charge is 0.496 e. The van der Waals surface area contributed by atoms with Crippen molar-refractivity contribution < 1.29 is 9.15 Å². The fourth-order valence-electron chi connectivity index (χ4n) is 1.76. The van der Waals surface area contributed by atoms with Gasteiger partial charge in [-0.25, -0.2) is 0 Å². The van der Waals surface area contributed by atoms with Gasteiger partial charge in [-0.15, -0.1) is 5.10 Å². The van der Waals surface area contributed by atoms with Crippen molar-refractivity contribution in [2.75, 3.05) is 12.4 Å². The molecule has 0 aliphatic rings. The highest BCUT2D eigenvalue weighted by Crippen LogP contribution is 2.18. The van der Waals surface area contributed by atoms with E-state index in [9.17, 15) is 0 Å². The Kier molecular flexibility index (Phi) is 4.80. The van der Waals surface area contributed by atoms with E-state index in [2.05, 4.69) is 41.6 Å². The first-order valence-corrected chi connectivity index (χ1v) is 6.91. The number of nitrogens with zero attached hydrogens (tertiary/aromatic N) is 2. The molecule has 0 saturated carbocycles. The average Bonchev–Trinajstić information content (AvgIpc) is 2.90. The number of para-hydroxylation sites is 1. The molecule has 1 heterocycles. The maximum absolute atomic E-state index is 5.54. The molecule has 0 atom stereocenters. The van der Waals surface area contributed by atoms with Gasteiger partial charge in [-0.1, -0.05) is 23.3 Å². The quantitative estimate of drug-likeness (QED) is 0.852. The van der Waals surface area contributed by atoms with E-state index in [-0.39, 0.29) is 5.54 Å². The predicted octanol–water partition coefficient (Wildman–Crippen LogP) is 2.58. The van der Waals surface area contributed by atoms with Gasteiger partial charge in [0.15, 0.2) is 0 Å². The molecule has 21 heavy (non-hydrogen) atoms. The lowest BCUT2D eigenvalue weighted by molar-refractivity contribution is 0.383. The second kappa shape index (κ2) is 6.58. The number of hydrogen-bond donors (Lipinski definition) is 2. The Bertz CT molecular complexity index is 575. The van der Waals surface area contributed by atoms with Gasteiger partial charge < -0.3 is 19.8 Å². The molecule has 0 radical (unpaired) electrons. The molecule has 114 valence electrons. The molecule has 6 heteroatoms. The Morgan fingerprint density at radius 1 is 1.14 bits per heavy atom. The van der Waals surface area contributed by atoms with Crippen LogP contribution in [0.4, 0.5) is 6.01 Å². The number of benzene rings is 1. The molecule has 1 aromatic carbocycles. The molecule has 0 unspecified atom stereocenters. The Hall–Kier alpha value is -2.08. The van der Waals surface area contributed by atoms with E-state index in [0.717, 1.165) is 11.3 Å². The van der Waals surface area contributed by atoms with E-state index in [1.165, 1.54) is 0 Å². The summed E-state index contributed by atoms with van der Waals surface area (Å²) in [5, 5.41) is 14.4. The van der Waals surface area contributed by atoms with Crippen molar-refractivity contribution in [3.05, 3.63) is 35.7 Å². The Balaban J connectivity index is 1.91. The Morgan fingerprint density at radius 2 is 1.90 bits per heavy atom. The molecule has 2 N–H and O–H groups in total. The van der Waals surface area contributed by atoms with Crippen molar-refractivity contribution >= 4 is 6.01 Å². The van der Waals surface area contributed by atoms with E-state index >= 15 is 0 Å². The number of ether oxygens (including phenoxy) is 1. The lowest BCUT2D eigenvalue weighted by Crippen LogP contribution is -2.35. The van der Waals surface area contributed by atoms with E-state index < -0.39 is 0 Å². The van der Waals surface area contributed by atoms with Crippen LogP contribution < -0.4 is 15.4 Å². The van der Waals surface area contributed by atoms with E-state index in [1.807, 2.05) is 24.3 Å². The van der Waals surface area contributed by atoms with Crippen molar-refractivity contribution in [1.82, 2.24) is 15.5 Å². The molecule has 2 aromatic rings. The van der Waals surface area contributed by atoms with Crippen LogP contribution in [0.15, 0.2) is 28.7 Å². The fourth-order valence-corrected chi connectivity index (χ4v) is 1.76. The first-order chi connectivity index (χ1) is 9.98. The summed E-state index contributed by atoms with van der Waals surface area (Å²) in [6, 6.07) is 8.22. The van der Waals surface area contributed by atoms with Crippen molar-refractivity contribution in [3.63, 3.8) is 0 Å². The van der Waals surface area contributed by atoms with E-state index in [0.29, 0.717) is 25.0 Å². The lowest BCUT2D eigenvalue weighted by atomic mass is 10.1. The van der Waals surface area contributed by atoms with Gasteiger partial charge in [0.1, 0.15) is 5.75 Å². The number of methoxy groups -OCH3 is 1. The van der Waals surface area contributed by atoms with Crippen molar-refractivity contribution in [2.24, 2.45) is 0 Å². The van der Waals surface area contributed by atoms with Crippen molar-refractivity contribution in [2.45, 2.75) is 39.4 Å². The summed E-state index contributed by atoms with van der Waals surface area (Å²) >= 11 is 0. The first-order valence-electron chi connectivity index (χ1n) is 6.91. The summed E-state index contributed by atoms with van der Waals surface area (Å²) in [5.74, 6) is 1.39. The van der Waals surface area contributed by atoms with Crippen LogP contribution in [0.25, 0.3) is 0 Å². The number of rotatable bonds is 6. The highest BCUT2D eigenvalue weighted by molar-refractivity contribution is 5.35. The normalized spacial score (nSPS) is 11.4. The maximum Gasteiger partial charge on any atom is 0.315 e. The Labute approximate surface area is 124 Å². The number of aromatic nitrogens is 2. The minimum Gasteiger partial charge on any atom is -0.496 e. The summed E-state index contributed by atoms with van der Waals surface area (Å²) in [7, 11) is 1.65. The second-order valence-electron chi connectivity index (χ2n) is 5.77. The summed E-state index contributed by atoms with van der Waals surface area (Å²) in [6.45, 7) is 7.38. The zero-order valence-electron chi connectivity index (χ0n) is 12.9. The summed E-state index contributed by atoms with van der Waals surface area (Å²) < 4.78 is 10.8. The molecule has 0 saturated heterocycles. The highest BCUT2D eigenvalue weighted by atomic mass is 16.5. The Morgan fingerprint density at radius 3 is 2.62 bits per heavy atom. The van der Waals surface area contributed by atoms with Gasteiger partial charge in [0.25, 0.3) is 0 Å². The molecule has 6 nitrogen and oxygen atoms in total. The summed E-state index contributed by atoms with van der Waals surface area (Å²) in [4.78, 5) is 0. The van der Waals surface area contributed by atoms with Crippen LogP contribution in [-0.4, -0.2) is 22.8 Å². The number of nitrogens with one attached hydrogen (secondary N) is 2. The van der Waals surface area contributed by atoms with Gasteiger partial charge in [0.2, 0.25) is 5.89 Å². The SMILES string of the molecule is COc1ccccc1CNc1nnc(CNC(C)(C)C)o1. The van der Waals surface area contributed by atoms with Gasteiger partial charge >= 0.3 is 6.01 Å². The van der Waals surface area contributed by atoms with E-state index in [1.54, 1.807) is 7.11 Å². The maximum atomic E-state index is 5.54. The number of anilines is 1. The summed E-state index contributed by atoms with van der Waals surface area (Å²) in [6.07, 6.45) is 0. The average molecular weight is 290 g/mol. The molecule has 0 spiro atoms. The van der Waals surface area contributed by atoms with Crippen molar-refractivity contribution in [3.8, 4) is 5.75 Å². The van der Waals surface area contributed by atoms with Crippen LogP contribution in [0.3, 0.4) is 0 Å². The van der Waals surface area contributed by atoms with Gasteiger partial charge in [0, 0.05) is 17.6 Å². The zero-order valence-corrected chi connectivity index (χ0v) is 12.9. The molecule has 0 aliphatic heterocycles. The van der Waals surface area contributed by atoms with Gasteiger partial charge in [0.05, 0.1) is 13.7 Å². The fraction of sp³-hybridized carbons (Fsp3) is 0.467. The van der Waals surface area contributed by atoms with Crippen LogP contribution in [0.2, 0.25) is 0 Å². The third-order valence-electron chi connectivity index (χ3n) is 2.86. The molecule has 2 rings (SSSR count). The third-order valence-corrected chi connectivity index (χ3v) is 2.86. The minimum atomic E-state index is 0.0134. The summed E-state index contributed by atoms with van der Waals surface area (Å²) in [5.41, 5.74) is 1.05. The predicted molar refractivity (Wildman–Crippen MR) is 81.2 cm³/mol. The van der Waals surface area contributed by atoms with Crippen LogP contribution in [-0.2, 0) is 13.1 Å². The van der Waals surface area contributed by atoms with Gasteiger partial charge in [-0.05, 0) is 26.8 Å². The van der Waals surface area contributed by atoms with Gasteiger partial charge in [-0.2, -0.15) is 0 Å². The van der Waals surface area contributed by atoms with Gasteiger partial charge in [-0.3, -0.25) is 0 Å². The zero-order chi connectivity index (χ0) is 15.3. The molecular weight excluding hydrogens is 268 g/mol. The second-order valence-corrected chi connectivity index (χ2v) is 5.77. The van der Waals surface area contributed by atoms with Crippen LogP contribution >= 0.6 is 0 Å². The topological polar surface area (TPSA) is 72.2 Å². The van der Waals surface area contributed by atoms with E-state index in [4.69, 9.17) is 9.15 Å². The lowest BCUT2D eigenvalue weighted by Gasteiger charge is -2.18. The molecule has 0 fully saturated rings. The molecule has 0 amide bonds. The monoisotopic (exact) mass is 290 g/mol. The smallest absolute Gasteiger partial charge is 0.315 e. The highest BCUT2D eigenvalue weighted by Gasteiger charge is 2.12. The van der Waals surface area contributed by atoms with Crippen LogP contribution in [0, 0.1) is 0 Å². The van der Waals surface area contributed by atoms with Crippen molar-refractivity contribution in [1.29, 1.82) is 0 Å². The third kappa shape index (κ3) is 4.75. The van der Waals surface area contributed by atoms with Crippen LogP contribution in [0.5, 0.6) is 5.75 Å².